The van der Waals surface area contributed by atoms with Gasteiger partial charge in [-0.3, -0.25) is 14.4 Å². The van der Waals surface area contributed by atoms with Crippen LogP contribution in [-0.4, -0.2) is 160 Å². The number of aliphatic hydroxyl groups is 3. The molecule has 0 aromatic heterocycles. The van der Waals surface area contributed by atoms with Crippen LogP contribution in [-0.2, 0) is 42.9 Å². The van der Waals surface area contributed by atoms with Crippen molar-refractivity contribution in [3.8, 4) is 0 Å². The summed E-state index contributed by atoms with van der Waals surface area (Å²) < 4.78 is 24.1. The molecular weight excluding hydrogens is 654 g/mol. The Balaban J connectivity index is 0.000000924. The number of nitrogens with zero attached hydrogens (tertiary/aromatic N) is 1. The van der Waals surface area contributed by atoms with Crippen LogP contribution in [0.25, 0.3) is 0 Å². The Bertz CT molecular complexity index is 1170. The molecule has 3 amide bonds. The lowest BCUT2D eigenvalue weighted by atomic mass is 9.83. The minimum Gasteiger partial charge on any atom is -0.478 e. The lowest BCUT2D eigenvalue weighted by Crippen LogP contribution is -2.69. The van der Waals surface area contributed by atoms with E-state index in [2.05, 4.69) is 16.0 Å². The van der Waals surface area contributed by atoms with E-state index in [4.69, 9.17) is 34.9 Å². The van der Waals surface area contributed by atoms with Crippen molar-refractivity contribution in [2.75, 3.05) is 27.2 Å². The minimum absolute atomic E-state index is 0.133. The van der Waals surface area contributed by atoms with Gasteiger partial charge in [0.05, 0.1) is 30.8 Å². The second-order valence-electron chi connectivity index (χ2n) is 12.6. The number of carboxylic acid groups (broad SMARTS) is 2. The number of carbonyl (C=O) groups is 5. The van der Waals surface area contributed by atoms with Crippen LogP contribution in [0.5, 0.6) is 0 Å². The molecule has 10 N–H and O–H groups in total. The molecule has 0 aromatic rings. The summed E-state index contributed by atoms with van der Waals surface area (Å²) in [4.78, 5) is 56.4. The largest absolute Gasteiger partial charge is 0.478 e. The standard InChI is InChI=1S/C26H47N5O10.C4H4O4/c1-12(32)29-17-8-7-15(10-31(6)14(3)34)39-24(17)41-22-18(30-13(2)33)9-16(27)21(19(22)35)40-25-20(36)23(28-5)26(4,37)11-38-25;5-3(6)1-2-4(7)8/h15-25,28,35-37H,7-11,27H2,1-6H3,(H,29,32)(H,30,33);1-2H,(H,5,6)(H,7,8)/b;2-1+/t15-,16+,17+,18-,19+,20+,21-,22+,23+,24+,25+,26-;/m0./s1. The summed E-state index contributed by atoms with van der Waals surface area (Å²) in [5, 5.41) is 57.0. The Kier molecular flexibility index (Phi) is 15.9. The van der Waals surface area contributed by atoms with E-state index in [9.17, 15) is 39.3 Å². The second kappa shape index (κ2) is 18.6. The van der Waals surface area contributed by atoms with Gasteiger partial charge in [-0.1, -0.05) is 0 Å². The van der Waals surface area contributed by atoms with Crippen LogP contribution >= 0.6 is 0 Å². The molecule has 3 aliphatic rings. The van der Waals surface area contributed by atoms with Crippen LogP contribution in [0.2, 0.25) is 0 Å². The lowest BCUT2D eigenvalue weighted by molar-refractivity contribution is -0.308. The number of aliphatic hydroxyl groups excluding tert-OH is 2. The molecule has 2 heterocycles. The summed E-state index contributed by atoms with van der Waals surface area (Å²) in [6.45, 7) is 5.83. The highest BCUT2D eigenvalue weighted by Crippen LogP contribution is 2.32. The predicted molar refractivity (Wildman–Crippen MR) is 168 cm³/mol. The van der Waals surface area contributed by atoms with E-state index in [-0.39, 0.29) is 30.7 Å². The number of carbonyl (C=O) groups excluding carboxylic acids is 3. The maximum Gasteiger partial charge on any atom is 0.328 e. The molecule has 280 valence electrons. The van der Waals surface area contributed by atoms with Crippen molar-refractivity contribution in [1.82, 2.24) is 20.9 Å². The number of rotatable bonds is 11. The first-order valence-electron chi connectivity index (χ1n) is 15.8. The van der Waals surface area contributed by atoms with Gasteiger partial charge in [0.25, 0.3) is 0 Å². The fraction of sp³-hybridized carbons (Fsp3) is 0.767. The Morgan fingerprint density at radius 2 is 1.47 bits per heavy atom. The maximum absolute atomic E-state index is 12.1. The molecule has 0 aromatic carbocycles. The Hall–Kier alpha value is -3.27. The van der Waals surface area contributed by atoms with Crippen LogP contribution in [0, 0.1) is 0 Å². The van der Waals surface area contributed by atoms with E-state index in [1.807, 2.05) is 0 Å². The summed E-state index contributed by atoms with van der Waals surface area (Å²) in [7, 11) is 3.24. The molecule has 2 aliphatic heterocycles. The molecule has 49 heavy (non-hydrogen) atoms. The van der Waals surface area contributed by atoms with E-state index in [1.165, 1.54) is 32.6 Å². The third-order valence-corrected chi connectivity index (χ3v) is 8.36. The minimum atomic E-state index is -1.41. The van der Waals surface area contributed by atoms with Crippen molar-refractivity contribution in [3.05, 3.63) is 12.2 Å². The molecular formula is C30H51N5O14. The SMILES string of the molecule is CN[C@@H]1[C@@H](O)[C@@H](O[C@@H]2[C@@H](O)[C@H](O[C@H]3O[C@H](CN(C)C(C)=O)CC[C@H]3NC(C)=O)[C@@H](NC(C)=O)C[C@H]2N)OC[C@]1(C)O.O=C(O)/C=C/C(=O)O. The zero-order valence-corrected chi connectivity index (χ0v) is 28.5. The van der Waals surface area contributed by atoms with Crippen LogP contribution in [0.3, 0.4) is 0 Å². The number of hydrogen-bond donors (Lipinski definition) is 9. The van der Waals surface area contributed by atoms with Gasteiger partial charge in [0.2, 0.25) is 17.7 Å². The summed E-state index contributed by atoms with van der Waals surface area (Å²) in [5.74, 6) is -3.31. The van der Waals surface area contributed by atoms with Gasteiger partial charge in [0.15, 0.2) is 12.6 Å². The van der Waals surface area contributed by atoms with Crippen LogP contribution in [0.4, 0.5) is 0 Å². The van der Waals surface area contributed by atoms with Crippen molar-refractivity contribution in [1.29, 1.82) is 0 Å². The molecule has 2 saturated heterocycles. The van der Waals surface area contributed by atoms with Gasteiger partial charge in [-0.15, -0.1) is 0 Å². The van der Waals surface area contributed by atoms with Gasteiger partial charge in [-0.25, -0.2) is 9.59 Å². The highest BCUT2D eigenvalue weighted by molar-refractivity contribution is 5.89. The van der Waals surface area contributed by atoms with Crippen LogP contribution in [0.15, 0.2) is 12.2 Å². The van der Waals surface area contributed by atoms with Crippen LogP contribution < -0.4 is 21.7 Å². The van der Waals surface area contributed by atoms with E-state index >= 15 is 0 Å². The summed E-state index contributed by atoms with van der Waals surface area (Å²) in [5.41, 5.74) is 5.03. The first kappa shape index (κ1) is 41.9. The number of ether oxygens (including phenoxy) is 4. The maximum atomic E-state index is 12.1. The smallest absolute Gasteiger partial charge is 0.328 e. The summed E-state index contributed by atoms with van der Waals surface area (Å²) in [6.07, 6.45) is -5.22. The number of aliphatic carboxylic acids is 2. The monoisotopic (exact) mass is 705 g/mol. The van der Waals surface area contributed by atoms with E-state index in [0.29, 0.717) is 31.5 Å². The molecule has 0 radical (unpaired) electrons. The highest BCUT2D eigenvalue weighted by Gasteiger charge is 2.51. The normalized spacial score (nSPS) is 36.2. The van der Waals surface area contributed by atoms with E-state index < -0.39 is 84.8 Å². The van der Waals surface area contributed by atoms with Crippen molar-refractivity contribution < 1.29 is 68.5 Å². The van der Waals surface area contributed by atoms with Gasteiger partial charge in [-0.05, 0) is 33.2 Å². The van der Waals surface area contributed by atoms with Gasteiger partial charge >= 0.3 is 11.9 Å². The molecule has 12 atom stereocenters. The Morgan fingerprint density at radius 1 is 0.918 bits per heavy atom. The zero-order valence-electron chi connectivity index (χ0n) is 28.5. The number of nitrogens with two attached hydrogens (primary N) is 1. The second-order valence-corrected chi connectivity index (χ2v) is 12.6. The van der Waals surface area contributed by atoms with Crippen molar-refractivity contribution in [3.63, 3.8) is 0 Å². The Labute approximate surface area is 284 Å². The number of hydrogen-bond acceptors (Lipinski definition) is 14. The van der Waals surface area contributed by atoms with E-state index in [0.717, 1.165) is 0 Å². The average molecular weight is 706 g/mol. The number of amides is 3. The van der Waals surface area contributed by atoms with Gasteiger partial charge < -0.3 is 71.1 Å². The number of nitrogens with one attached hydrogen (secondary N) is 3. The molecule has 3 rings (SSSR count). The zero-order chi connectivity index (χ0) is 37.2. The third-order valence-electron chi connectivity index (χ3n) is 8.36. The fourth-order valence-corrected chi connectivity index (χ4v) is 5.97. The van der Waals surface area contributed by atoms with Crippen LogP contribution in [0.1, 0.15) is 47.0 Å². The van der Waals surface area contributed by atoms with Crippen molar-refractivity contribution in [2.45, 2.75) is 120 Å². The van der Waals surface area contributed by atoms with E-state index in [1.54, 1.807) is 14.1 Å². The molecule has 19 nitrogen and oxygen atoms in total. The molecule has 0 unspecified atom stereocenters. The molecule has 1 aliphatic carbocycles. The van der Waals surface area contributed by atoms with Gasteiger partial charge in [0, 0.05) is 52.6 Å². The third kappa shape index (κ3) is 12.5. The first-order chi connectivity index (χ1) is 22.8. The fourth-order valence-electron chi connectivity index (χ4n) is 5.97. The average Bonchev–Trinajstić information content (AvgIpc) is 2.98. The molecule has 1 saturated carbocycles. The lowest BCUT2D eigenvalue weighted by Gasteiger charge is -2.49. The topological polar surface area (TPSA) is 289 Å². The van der Waals surface area contributed by atoms with Gasteiger partial charge in [0.1, 0.15) is 30.0 Å². The van der Waals surface area contributed by atoms with Crippen molar-refractivity contribution in [2.24, 2.45) is 5.73 Å². The quantitative estimate of drug-likeness (QED) is 0.0947. The summed E-state index contributed by atoms with van der Waals surface area (Å²) >= 11 is 0. The van der Waals surface area contributed by atoms with Crippen molar-refractivity contribution >= 4 is 29.7 Å². The van der Waals surface area contributed by atoms with Gasteiger partial charge in [-0.2, -0.15) is 0 Å². The predicted octanol–water partition coefficient (Wildman–Crippen LogP) is -3.39. The molecule has 0 spiro atoms. The number of carboxylic acids is 2. The molecule has 0 bridgehead atoms. The Morgan fingerprint density at radius 3 is 1.98 bits per heavy atom. The number of likely N-dealkylation sites (N-methyl/N-ethyl adjacent to an activating group) is 2. The molecule has 19 heteroatoms. The first-order valence-corrected chi connectivity index (χ1v) is 15.8. The molecule has 3 fully saturated rings. The highest BCUT2D eigenvalue weighted by atomic mass is 16.7. The summed E-state index contributed by atoms with van der Waals surface area (Å²) in [6, 6.07) is -2.87.